The number of esters is 1. The summed E-state index contributed by atoms with van der Waals surface area (Å²) >= 11 is 0. The van der Waals surface area contributed by atoms with Crippen LogP contribution in [-0.2, 0) is 11.2 Å². The van der Waals surface area contributed by atoms with Crippen LogP contribution in [0.5, 0.6) is 11.5 Å². The summed E-state index contributed by atoms with van der Waals surface area (Å²) in [6, 6.07) is 5.38. The van der Waals surface area contributed by atoms with Gasteiger partial charge >= 0.3 is 5.97 Å². The zero-order valence-corrected chi connectivity index (χ0v) is 9.36. The van der Waals surface area contributed by atoms with E-state index in [4.69, 9.17) is 19.5 Å². The van der Waals surface area contributed by atoms with Crippen LogP contribution in [0.3, 0.4) is 0 Å². The number of hydrogen-bond donors (Lipinski definition) is 0. The van der Waals surface area contributed by atoms with Gasteiger partial charge in [-0.05, 0) is 18.6 Å². The molecule has 0 fully saturated rings. The summed E-state index contributed by atoms with van der Waals surface area (Å²) in [5, 5.41) is 8.73. The van der Waals surface area contributed by atoms with Crippen molar-refractivity contribution in [3.63, 3.8) is 0 Å². The average molecular weight is 233 g/mol. The van der Waals surface area contributed by atoms with Gasteiger partial charge in [0.25, 0.3) is 0 Å². The molecule has 1 heterocycles. The van der Waals surface area contributed by atoms with Gasteiger partial charge in [-0.2, -0.15) is 5.26 Å². The summed E-state index contributed by atoms with van der Waals surface area (Å²) in [4.78, 5) is 11.8. The maximum Gasteiger partial charge on any atom is 0.342 e. The number of nitrogens with zero attached hydrogens (tertiary/aromatic N) is 1. The van der Waals surface area contributed by atoms with Crippen molar-refractivity contribution >= 4 is 5.97 Å². The molecule has 0 atom stereocenters. The maximum atomic E-state index is 11.8. The van der Waals surface area contributed by atoms with Crippen LogP contribution < -0.4 is 9.47 Å². The van der Waals surface area contributed by atoms with Crippen molar-refractivity contribution in [3.05, 3.63) is 23.3 Å². The average Bonchev–Trinajstić information content (AvgIpc) is 2.77. The molecule has 88 valence electrons. The minimum absolute atomic E-state index is 0.0811. The zero-order valence-electron chi connectivity index (χ0n) is 9.36. The molecule has 5 nitrogen and oxygen atoms in total. The van der Waals surface area contributed by atoms with Crippen LogP contribution in [0.2, 0.25) is 0 Å². The van der Waals surface area contributed by atoms with Gasteiger partial charge in [-0.15, -0.1) is 0 Å². The molecule has 0 aromatic heterocycles. The van der Waals surface area contributed by atoms with Crippen LogP contribution in [0.1, 0.15) is 22.8 Å². The molecule has 0 radical (unpaired) electrons. The van der Waals surface area contributed by atoms with E-state index < -0.39 is 5.97 Å². The fourth-order valence-corrected chi connectivity index (χ4v) is 1.67. The zero-order chi connectivity index (χ0) is 12.3. The lowest BCUT2D eigenvalue weighted by molar-refractivity contribution is 0.0520. The first kappa shape index (κ1) is 11.3. The molecule has 1 aliphatic heterocycles. The molecule has 5 heteroatoms. The molecule has 1 aromatic carbocycles. The van der Waals surface area contributed by atoms with Gasteiger partial charge in [-0.1, -0.05) is 6.07 Å². The number of rotatable bonds is 3. The molecule has 0 N–H and O–H groups in total. The Labute approximate surface area is 98.5 Å². The third kappa shape index (κ3) is 2.02. The van der Waals surface area contributed by atoms with Crippen molar-refractivity contribution in [2.24, 2.45) is 0 Å². The normalized spacial score (nSPS) is 12.0. The molecule has 0 unspecified atom stereocenters. The molecule has 1 aromatic rings. The number of ether oxygens (including phenoxy) is 3. The second-order valence-electron chi connectivity index (χ2n) is 3.39. The molecule has 0 aliphatic carbocycles. The molecule has 1 aliphatic rings. The van der Waals surface area contributed by atoms with Gasteiger partial charge in [0, 0.05) is 0 Å². The van der Waals surface area contributed by atoms with E-state index in [2.05, 4.69) is 0 Å². The van der Waals surface area contributed by atoms with Gasteiger partial charge in [0.15, 0.2) is 11.5 Å². The van der Waals surface area contributed by atoms with E-state index in [9.17, 15) is 4.79 Å². The SMILES string of the molecule is CCOC(=O)c1c(CC#N)ccc2c1OCO2. The fraction of sp³-hybridized carbons (Fsp3) is 0.333. The Hall–Kier alpha value is -2.22. The Bertz CT molecular complexity index is 490. The second-order valence-corrected chi connectivity index (χ2v) is 3.39. The highest BCUT2D eigenvalue weighted by molar-refractivity contribution is 5.95. The Kier molecular flexibility index (Phi) is 3.15. The van der Waals surface area contributed by atoms with E-state index in [0.29, 0.717) is 22.6 Å². The van der Waals surface area contributed by atoms with Crippen LogP contribution in [0.25, 0.3) is 0 Å². The number of carbonyl (C=O) groups excluding carboxylic acids is 1. The van der Waals surface area contributed by atoms with E-state index in [-0.39, 0.29) is 19.8 Å². The summed E-state index contributed by atoms with van der Waals surface area (Å²) in [5.41, 5.74) is 0.888. The highest BCUT2D eigenvalue weighted by atomic mass is 16.7. The summed E-state index contributed by atoms with van der Waals surface area (Å²) in [6.07, 6.45) is 0.130. The quantitative estimate of drug-likeness (QED) is 0.742. The first-order chi connectivity index (χ1) is 8.27. The number of benzene rings is 1. The van der Waals surface area contributed by atoms with Crippen molar-refractivity contribution in [1.29, 1.82) is 5.26 Å². The first-order valence-corrected chi connectivity index (χ1v) is 5.23. The number of nitriles is 1. The predicted molar refractivity (Wildman–Crippen MR) is 57.8 cm³/mol. The van der Waals surface area contributed by atoms with Crippen molar-refractivity contribution in [2.75, 3.05) is 13.4 Å². The molecular formula is C12H11NO4. The Morgan fingerprint density at radius 2 is 2.35 bits per heavy atom. The first-order valence-electron chi connectivity index (χ1n) is 5.23. The lowest BCUT2D eigenvalue weighted by atomic mass is 10.0. The largest absolute Gasteiger partial charge is 0.462 e. The standard InChI is InChI=1S/C12H11NO4/c1-2-15-12(14)10-8(5-6-13)3-4-9-11(10)17-7-16-9/h3-4H,2,5,7H2,1H3. The molecule has 0 saturated carbocycles. The molecule has 17 heavy (non-hydrogen) atoms. The predicted octanol–water partition coefficient (Wildman–Crippen LogP) is 1.66. The topological polar surface area (TPSA) is 68.6 Å². The van der Waals surface area contributed by atoms with Crippen molar-refractivity contribution in [1.82, 2.24) is 0 Å². The number of hydrogen-bond acceptors (Lipinski definition) is 5. The summed E-state index contributed by atoms with van der Waals surface area (Å²) in [5.74, 6) is 0.394. The van der Waals surface area contributed by atoms with Crippen molar-refractivity contribution in [3.8, 4) is 17.6 Å². The molecule has 0 bridgehead atoms. The Morgan fingerprint density at radius 3 is 3.06 bits per heavy atom. The van der Waals surface area contributed by atoms with Crippen LogP contribution in [0, 0.1) is 11.3 Å². The highest BCUT2D eigenvalue weighted by Gasteiger charge is 2.26. The van der Waals surface area contributed by atoms with Gasteiger partial charge in [-0.25, -0.2) is 4.79 Å². The van der Waals surface area contributed by atoms with Gasteiger partial charge < -0.3 is 14.2 Å². The smallest absolute Gasteiger partial charge is 0.342 e. The van der Waals surface area contributed by atoms with E-state index >= 15 is 0 Å². The second kappa shape index (κ2) is 4.74. The van der Waals surface area contributed by atoms with Crippen molar-refractivity contribution in [2.45, 2.75) is 13.3 Å². The van der Waals surface area contributed by atoms with Crippen LogP contribution in [-0.4, -0.2) is 19.4 Å². The molecular weight excluding hydrogens is 222 g/mol. The van der Waals surface area contributed by atoms with Gasteiger partial charge in [0.05, 0.1) is 19.1 Å². The van der Waals surface area contributed by atoms with Gasteiger partial charge in [0.2, 0.25) is 6.79 Å². The van der Waals surface area contributed by atoms with E-state index in [1.165, 1.54) is 0 Å². The Balaban J connectivity index is 2.48. The number of carbonyl (C=O) groups is 1. The van der Waals surface area contributed by atoms with E-state index in [1.807, 2.05) is 6.07 Å². The van der Waals surface area contributed by atoms with E-state index in [0.717, 1.165) is 0 Å². The van der Waals surface area contributed by atoms with Gasteiger partial charge in [-0.3, -0.25) is 0 Å². The molecule has 0 spiro atoms. The van der Waals surface area contributed by atoms with E-state index in [1.54, 1.807) is 19.1 Å². The van der Waals surface area contributed by atoms with Crippen LogP contribution >= 0.6 is 0 Å². The highest BCUT2D eigenvalue weighted by Crippen LogP contribution is 2.38. The minimum atomic E-state index is -0.486. The third-order valence-corrected chi connectivity index (χ3v) is 2.37. The van der Waals surface area contributed by atoms with Crippen LogP contribution in [0.15, 0.2) is 12.1 Å². The van der Waals surface area contributed by atoms with Gasteiger partial charge in [0.1, 0.15) is 5.56 Å². The lowest BCUT2D eigenvalue weighted by Gasteiger charge is -2.09. The molecule has 2 rings (SSSR count). The van der Waals surface area contributed by atoms with Crippen molar-refractivity contribution < 1.29 is 19.0 Å². The molecule has 0 amide bonds. The van der Waals surface area contributed by atoms with Crippen LogP contribution in [0.4, 0.5) is 0 Å². The summed E-state index contributed by atoms with van der Waals surface area (Å²) < 4.78 is 15.4. The summed E-state index contributed by atoms with van der Waals surface area (Å²) in [7, 11) is 0. The summed E-state index contributed by atoms with van der Waals surface area (Å²) in [6.45, 7) is 2.08. The fourth-order valence-electron chi connectivity index (χ4n) is 1.67. The Morgan fingerprint density at radius 1 is 1.53 bits per heavy atom. The number of fused-ring (bicyclic) bond motifs is 1. The monoisotopic (exact) mass is 233 g/mol. The maximum absolute atomic E-state index is 11.8. The molecule has 0 saturated heterocycles. The minimum Gasteiger partial charge on any atom is -0.462 e. The third-order valence-electron chi connectivity index (χ3n) is 2.37. The lowest BCUT2D eigenvalue weighted by Crippen LogP contribution is -2.09.